The van der Waals surface area contributed by atoms with Crippen molar-refractivity contribution in [1.82, 2.24) is 0 Å². The van der Waals surface area contributed by atoms with E-state index in [0.717, 1.165) is 0 Å². The van der Waals surface area contributed by atoms with Crippen LogP contribution in [0.1, 0.15) is 37.9 Å². The van der Waals surface area contributed by atoms with Crippen LogP contribution in [-0.2, 0) is 4.79 Å². The van der Waals surface area contributed by atoms with E-state index >= 15 is 0 Å². The molecule has 2 rings (SSSR count). The summed E-state index contributed by atoms with van der Waals surface area (Å²) < 4.78 is 11.2. The lowest BCUT2D eigenvalue weighted by atomic mass is 10.1. The highest BCUT2D eigenvalue weighted by Crippen LogP contribution is 2.29. The van der Waals surface area contributed by atoms with Crippen molar-refractivity contribution in [2.24, 2.45) is 10.9 Å². The van der Waals surface area contributed by atoms with Crippen LogP contribution in [0.25, 0.3) is 0 Å². The molecular weight excluding hydrogens is 362 g/mol. The highest BCUT2D eigenvalue weighted by atomic mass is 16.5. The molecule has 0 radical (unpaired) electrons. The molecule has 0 amide bonds. The maximum Gasteiger partial charge on any atom is 0.170 e. The summed E-state index contributed by atoms with van der Waals surface area (Å²) in [6, 6.07) is 10.3. The van der Waals surface area contributed by atoms with Gasteiger partial charge in [-0.2, -0.15) is 0 Å². The fourth-order valence-corrected chi connectivity index (χ4v) is 2.59. The number of hydrogen-bond donors (Lipinski definition) is 3. The molecule has 150 valence electrons. The van der Waals surface area contributed by atoms with Gasteiger partial charge in [-0.05, 0) is 62.7 Å². The number of carbonyl (C=O) groups excluding carboxylic acids is 1. The van der Waals surface area contributed by atoms with E-state index in [9.17, 15) is 9.90 Å². The van der Waals surface area contributed by atoms with E-state index in [1.807, 2.05) is 20.8 Å². The Morgan fingerprint density at radius 2 is 1.86 bits per heavy atom. The van der Waals surface area contributed by atoms with E-state index in [-0.39, 0.29) is 11.9 Å². The van der Waals surface area contributed by atoms with Gasteiger partial charge in [-0.25, -0.2) is 0 Å². The first-order valence-electron chi connectivity index (χ1n) is 8.83. The number of carbonyl (C=O) groups is 1. The average Bonchev–Trinajstić information content (AvgIpc) is 2.65. The lowest BCUT2D eigenvalue weighted by Crippen LogP contribution is -2.34. The number of ether oxygens (including phenoxy) is 2. The number of anilines is 1. The van der Waals surface area contributed by atoms with Crippen molar-refractivity contribution < 1.29 is 24.6 Å². The van der Waals surface area contributed by atoms with E-state index < -0.39 is 12.0 Å². The molecule has 8 nitrogen and oxygen atoms in total. The summed E-state index contributed by atoms with van der Waals surface area (Å²) in [6.07, 6.45) is -0.0784. The molecule has 4 N–H and O–H groups in total. The molecule has 1 unspecified atom stereocenters. The minimum atomic E-state index is -1.30. The van der Waals surface area contributed by atoms with Gasteiger partial charge in [0.25, 0.3) is 0 Å². The lowest BCUT2D eigenvalue weighted by molar-refractivity contribution is -0.307. The second-order valence-electron chi connectivity index (χ2n) is 6.30. The molecule has 0 heterocycles. The van der Waals surface area contributed by atoms with Crippen molar-refractivity contribution in [3.63, 3.8) is 0 Å². The van der Waals surface area contributed by atoms with Crippen molar-refractivity contribution in [3.8, 4) is 11.5 Å². The van der Waals surface area contributed by atoms with Crippen molar-refractivity contribution >= 4 is 17.5 Å². The number of hydrogen-bond acceptors (Lipinski definition) is 7. The summed E-state index contributed by atoms with van der Waals surface area (Å²) in [5, 5.41) is 26.4. The number of oxime groups is 1. The van der Waals surface area contributed by atoms with E-state index in [4.69, 9.17) is 20.4 Å². The van der Waals surface area contributed by atoms with E-state index in [0.29, 0.717) is 34.9 Å². The molecule has 0 aliphatic heterocycles. The Labute approximate surface area is 163 Å². The van der Waals surface area contributed by atoms with Crippen LogP contribution in [0.5, 0.6) is 11.5 Å². The lowest BCUT2D eigenvalue weighted by Gasteiger charge is -2.23. The van der Waals surface area contributed by atoms with Crippen molar-refractivity contribution in [3.05, 3.63) is 53.6 Å². The van der Waals surface area contributed by atoms with Crippen LogP contribution in [0.3, 0.4) is 0 Å². The summed E-state index contributed by atoms with van der Waals surface area (Å²) in [6.45, 7) is 6.03. The number of carboxylic acids is 1. The number of aliphatic carboxylic acids is 1. The Balaban J connectivity index is 2.34. The van der Waals surface area contributed by atoms with Gasteiger partial charge in [-0.1, -0.05) is 5.16 Å². The molecule has 0 bridgehead atoms. The number of carboxylic acid groups (broad SMARTS) is 1. The predicted molar refractivity (Wildman–Crippen MR) is 104 cm³/mol. The van der Waals surface area contributed by atoms with Crippen molar-refractivity contribution in [1.29, 1.82) is 0 Å². The van der Waals surface area contributed by atoms with Crippen LogP contribution in [0.4, 0.5) is 5.69 Å². The molecule has 2 aromatic carbocycles. The molecule has 0 spiro atoms. The van der Waals surface area contributed by atoms with Gasteiger partial charge in [-0.3, -0.25) is 0 Å². The zero-order valence-corrected chi connectivity index (χ0v) is 16.0. The molecule has 2 aromatic rings. The highest BCUT2D eigenvalue weighted by Gasteiger charge is 2.16. The van der Waals surface area contributed by atoms with Crippen LogP contribution in [0, 0.1) is 0 Å². The maximum absolute atomic E-state index is 11.8. The highest BCUT2D eigenvalue weighted by molar-refractivity contribution is 5.97. The molecule has 0 saturated carbocycles. The van der Waals surface area contributed by atoms with Gasteiger partial charge in [0.1, 0.15) is 11.5 Å². The first-order chi connectivity index (χ1) is 13.3. The van der Waals surface area contributed by atoms with Gasteiger partial charge >= 0.3 is 0 Å². The monoisotopic (exact) mass is 386 g/mol. The molecule has 0 aliphatic carbocycles. The third-order valence-electron chi connectivity index (χ3n) is 3.75. The van der Waals surface area contributed by atoms with Crippen LogP contribution in [0.2, 0.25) is 0 Å². The first-order valence-corrected chi connectivity index (χ1v) is 8.83. The molecule has 1 atom stereocenters. The van der Waals surface area contributed by atoms with Crippen LogP contribution < -0.4 is 25.6 Å². The molecule has 28 heavy (non-hydrogen) atoms. The van der Waals surface area contributed by atoms with Gasteiger partial charge in [0.05, 0.1) is 24.7 Å². The summed E-state index contributed by atoms with van der Waals surface area (Å²) in [5.41, 5.74) is 7.00. The Kier molecular flexibility index (Phi) is 7.08. The number of nitrogens with two attached hydrogens (primary N) is 1. The second kappa shape index (κ2) is 9.50. The molecule has 0 saturated heterocycles. The third kappa shape index (κ3) is 5.54. The summed E-state index contributed by atoms with van der Waals surface area (Å²) in [5.74, 6) is -0.329. The Hall–Kier alpha value is -3.42. The topological polar surface area (TPSA) is 129 Å². The molecule has 0 aliphatic rings. The van der Waals surface area contributed by atoms with Crippen molar-refractivity contribution in [2.75, 3.05) is 11.9 Å². The van der Waals surface area contributed by atoms with E-state index in [1.165, 1.54) is 0 Å². The predicted octanol–water partition coefficient (Wildman–Crippen LogP) is 1.87. The summed E-state index contributed by atoms with van der Waals surface area (Å²) in [7, 11) is 0. The number of nitrogens with one attached hydrogen (secondary N) is 1. The second-order valence-corrected chi connectivity index (χ2v) is 6.30. The van der Waals surface area contributed by atoms with Gasteiger partial charge in [0, 0.05) is 17.3 Å². The number of rotatable bonds is 9. The average molecular weight is 386 g/mol. The van der Waals surface area contributed by atoms with Gasteiger partial charge in [-0.15, -0.1) is 0 Å². The zero-order chi connectivity index (χ0) is 20.7. The molecule has 0 fully saturated rings. The van der Waals surface area contributed by atoms with Gasteiger partial charge in [0.2, 0.25) is 0 Å². The Morgan fingerprint density at radius 3 is 2.39 bits per heavy atom. The Bertz CT molecular complexity index is 834. The van der Waals surface area contributed by atoms with Crippen LogP contribution >= 0.6 is 0 Å². The van der Waals surface area contributed by atoms with Gasteiger partial charge < -0.3 is 35.6 Å². The van der Waals surface area contributed by atoms with Gasteiger partial charge in [0.15, 0.2) is 5.84 Å². The normalized spacial score (nSPS) is 12.5. The minimum Gasteiger partial charge on any atom is -0.548 e. The number of amidine groups is 1. The largest absolute Gasteiger partial charge is 0.548 e. The fourth-order valence-electron chi connectivity index (χ4n) is 2.59. The zero-order valence-electron chi connectivity index (χ0n) is 16.0. The smallest absolute Gasteiger partial charge is 0.170 e. The molecular formula is C20H24N3O5-. The minimum absolute atomic E-state index is 0.0390. The summed E-state index contributed by atoms with van der Waals surface area (Å²) >= 11 is 0. The van der Waals surface area contributed by atoms with E-state index in [2.05, 4.69) is 10.5 Å². The third-order valence-corrected chi connectivity index (χ3v) is 3.75. The maximum atomic E-state index is 11.8. The standard InChI is InChI=1S/C20H25N3O5/c1-4-27-16-9-14(10-17(11-16)28-12(2)3)18(20(24)25)22-15-7-5-13(6-8-15)19(21)23-26/h5-12,18,22,26H,4H2,1-3H3,(H2,21,23)(H,24,25)/p-1. The number of benzene rings is 2. The quantitative estimate of drug-likeness (QED) is 0.260. The molecule has 0 aromatic heterocycles. The fraction of sp³-hybridized carbons (Fsp3) is 0.300. The molecule has 8 heteroatoms. The summed E-state index contributed by atoms with van der Waals surface area (Å²) in [4.78, 5) is 11.8. The Morgan fingerprint density at radius 1 is 1.21 bits per heavy atom. The van der Waals surface area contributed by atoms with E-state index in [1.54, 1.807) is 42.5 Å². The van der Waals surface area contributed by atoms with Crippen molar-refractivity contribution in [2.45, 2.75) is 32.9 Å². The van der Waals surface area contributed by atoms with Crippen LogP contribution in [-0.4, -0.2) is 29.7 Å². The SMILES string of the molecule is CCOc1cc(OC(C)C)cc(C(Nc2ccc(/C(N)=N\O)cc2)C(=O)[O-])c1. The first kappa shape index (κ1) is 20.9. The van der Waals surface area contributed by atoms with Crippen LogP contribution in [0.15, 0.2) is 47.6 Å². The number of nitrogens with zero attached hydrogens (tertiary/aromatic N) is 1.